The van der Waals surface area contributed by atoms with Gasteiger partial charge in [-0.2, -0.15) is 0 Å². The molecule has 0 bridgehead atoms. The number of pyridine rings is 1. The van der Waals surface area contributed by atoms with Gasteiger partial charge in [-0.15, -0.1) is 0 Å². The zero-order chi connectivity index (χ0) is 7.68. The summed E-state index contributed by atoms with van der Waals surface area (Å²) in [5, 5.41) is 0. The highest BCUT2D eigenvalue weighted by atomic mass is 14.9. The first-order valence-electron chi connectivity index (χ1n) is 3.59. The fourth-order valence-corrected chi connectivity index (χ4v) is 1.16. The molecule has 0 aromatic carbocycles. The molecule has 0 saturated carbocycles. The van der Waals surface area contributed by atoms with Gasteiger partial charge < -0.3 is 0 Å². The largest absolute Gasteiger partial charge is 0.330 e. The van der Waals surface area contributed by atoms with Crippen molar-refractivity contribution in [3.8, 4) is 0 Å². The number of hydrogen-bond acceptors (Lipinski definition) is 1. The number of hydrogen-bond donors (Lipinski definition) is 0. The lowest BCUT2D eigenvalue weighted by atomic mass is 10.3. The summed E-state index contributed by atoms with van der Waals surface area (Å²) in [6.07, 6.45) is 5.80. The van der Waals surface area contributed by atoms with Crippen LogP contribution in [0, 0.1) is 6.92 Å². The molecule has 0 atom stereocenters. The second-order valence-electron chi connectivity index (χ2n) is 2.54. The summed E-state index contributed by atoms with van der Waals surface area (Å²) in [5.74, 6) is 0. The van der Waals surface area contributed by atoms with E-state index in [1.54, 1.807) is 0 Å². The minimum absolute atomic E-state index is 1.02. The number of rotatable bonds is 0. The first kappa shape index (κ1) is 6.28. The quantitative estimate of drug-likeness (QED) is 0.508. The molecule has 0 amide bonds. The highest BCUT2D eigenvalue weighted by Crippen LogP contribution is 1.98. The summed E-state index contributed by atoms with van der Waals surface area (Å²) in [6.45, 7) is 2.06. The van der Waals surface area contributed by atoms with Gasteiger partial charge in [-0.1, -0.05) is 0 Å². The van der Waals surface area contributed by atoms with Gasteiger partial charge in [-0.05, 0) is 24.0 Å². The van der Waals surface area contributed by atoms with E-state index in [2.05, 4.69) is 18.0 Å². The molecular formula is C9H9N2+. The van der Waals surface area contributed by atoms with Gasteiger partial charge in [0.1, 0.15) is 6.20 Å². The van der Waals surface area contributed by atoms with E-state index in [0.29, 0.717) is 0 Å². The Morgan fingerprint density at radius 3 is 2.91 bits per heavy atom. The van der Waals surface area contributed by atoms with Crippen molar-refractivity contribution in [2.24, 2.45) is 0 Å². The van der Waals surface area contributed by atoms with Crippen molar-refractivity contribution in [2.75, 3.05) is 0 Å². The van der Waals surface area contributed by atoms with Gasteiger partial charge in [-0.25, -0.2) is 4.40 Å². The maximum absolute atomic E-state index is 4.24. The van der Waals surface area contributed by atoms with Crippen molar-refractivity contribution in [3.05, 3.63) is 42.4 Å². The lowest BCUT2D eigenvalue weighted by molar-refractivity contribution is -0.514. The SMILES string of the molecule is Cc1ccc[n+]2cccnc12. The Labute approximate surface area is 65.1 Å². The van der Waals surface area contributed by atoms with Crippen molar-refractivity contribution in [2.45, 2.75) is 6.92 Å². The van der Waals surface area contributed by atoms with E-state index < -0.39 is 0 Å². The number of aryl methyl sites for hydroxylation is 1. The lowest BCUT2D eigenvalue weighted by Gasteiger charge is -1.90. The van der Waals surface area contributed by atoms with Crippen LogP contribution in [0.1, 0.15) is 5.56 Å². The molecule has 0 aliphatic rings. The molecule has 0 spiro atoms. The molecule has 0 aliphatic carbocycles. The summed E-state index contributed by atoms with van der Waals surface area (Å²) < 4.78 is 2.01. The third-order valence-corrected chi connectivity index (χ3v) is 1.72. The van der Waals surface area contributed by atoms with Crippen LogP contribution in [-0.2, 0) is 0 Å². The van der Waals surface area contributed by atoms with E-state index in [4.69, 9.17) is 0 Å². The van der Waals surface area contributed by atoms with Gasteiger partial charge in [0.15, 0.2) is 0 Å². The Morgan fingerprint density at radius 2 is 2.09 bits per heavy atom. The van der Waals surface area contributed by atoms with Crippen LogP contribution >= 0.6 is 0 Å². The fraction of sp³-hybridized carbons (Fsp3) is 0.111. The second kappa shape index (κ2) is 2.31. The van der Waals surface area contributed by atoms with Gasteiger partial charge in [0.2, 0.25) is 0 Å². The Hall–Kier alpha value is -1.44. The first-order valence-corrected chi connectivity index (χ1v) is 3.59. The van der Waals surface area contributed by atoms with E-state index in [1.807, 2.05) is 35.1 Å². The molecule has 0 saturated heterocycles. The Morgan fingerprint density at radius 1 is 1.27 bits per heavy atom. The molecular weight excluding hydrogens is 136 g/mol. The molecule has 2 aromatic heterocycles. The highest BCUT2D eigenvalue weighted by molar-refractivity contribution is 5.37. The van der Waals surface area contributed by atoms with Crippen molar-refractivity contribution >= 4 is 5.65 Å². The molecule has 11 heavy (non-hydrogen) atoms. The van der Waals surface area contributed by atoms with E-state index >= 15 is 0 Å². The Kier molecular flexibility index (Phi) is 1.32. The van der Waals surface area contributed by atoms with Crippen molar-refractivity contribution in [1.29, 1.82) is 0 Å². The molecule has 2 heteroatoms. The lowest BCUT2D eigenvalue weighted by Crippen LogP contribution is -2.21. The maximum Gasteiger partial charge on any atom is 0.330 e. The summed E-state index contributed by atoms with van der Waals surface area (Å²) >= 11 is 0. The predicted molar refractivity (Wildman–Crippen MR) is 42.1 cm³/mol. The molecule has 2 aromatic rings. The van der Waals surface area contributed by atoms with Crippen LogP contribution in [0.4, 0.5) is 0 Å². The molecule has 54 valence electrons. The van der Waals surface area contributed by atoms with Crippen LogP contribution < -0.4 is 4.40 Å². The average molecular weight is 145 g/mol. The summed E-state index contributed by atoms with van der Waals surface area (Å²) in [7, 11) is 0. The van der Waals surface area contributed by atoms with Crippen molar-refractivity contribution < 1.29 is 4.40 Å². The van der Waals surface area contributed by atoms with E-state index in [0.717, 1.165) is 5.65 Å². The molecule has 2 nitrogen and oxygen atoms in total. The standard InChI is InChI=1S/C9H9N2/c1-8-4-2-6-11-7-3-5-10-9(8)11/h2-7H,1H3/q+1. The summed E-state index contributed by atoms with van der Waals surface area (Å²) in [4.78, 5) is 4.24. The van der Waals surface area contributed by atoms with Crippen LogP contribution in [0.25, 0.3) is 5.65 Å². The number of fused-ring (bicyclic) bond motifs is 1. The fourth-order valence-electron chi connectivity index (χ4n) is 1.16. The first-order chi connectivity index (χ1) is 5.38. The van der Waals surface area contributed by atoms with E-state index in [9.17, 15) is 0 Å². The van der Waals surface area contributed by atoms with Gasteiger partial charge in [0.25, 0.3) is 0 Å². The number of nitrogens with zero attached hydrogens (tertiary/aromatic N) is 2. The van der Waals surface area contributed by atoms with Gasteiger partial charge in [0.05, 0.1) is 12.4 Å². The van der Waals surface area contributed by atoms with Gasteiger partial charge in [0, 0.05) is 11.6 Å². The maximum atomic E-state index is 4.24. The van der Waals surface area contributed by atoms with Crippen LogP contribution in [0.2, 0.25) is 0 Å². The number of aromatic nitrogens is 2. The average Bonchev–Trinajstić information content (AvgIpc) is 2.06. The van der Waals surface area contributed by atoms with E-state index in [-0.39, 0.29) is 0 Å². The third-order valence-electron chi connectivity index (χ3n) is 1.72. The van der Waals surface area contributed by atoms with Crippen LogP contribution in [0.15, 0.2) is 36.8 Å². The smallest absolute Gasteiger partial charge is 0.203 e. The molecule has 2 heterocycles. The highest BCUT2D eigenvalue weighted by Gasteiger charge is 2.02. The summed E-state index contributed by atoms with van der Waals surface area (Å²) in [6, 6.07) is 6.00. The van der Waals surface area contributed by atoms with Crippen LogP contribution in [-0.4, -0.2) is 4.98 Å². The van der Waals surface area contributed by atoms with Gasteiger partial charge in [-0.3, -0.25) is 0 Å². The van der Waals surface area contributed by atoms with Crippen molar-refractivity contribution in [1.82, 2.24) is 4.98 Å². The molecule has 0 aliphatic heterocycles. The third kappa shape index (κ3) is 0.963. The molecule has 0 N–H and O–H groups in total. The molecule has 2 rings (SSSR count). The molecule has 0 unspecified atom stereocenters. The molecule has 0 fully saturated rings. The van der Waals surface area contributed by atoms with E-state index in [1.165, 1.54) is 5.56 Å². The van der Waals surface area contributed by atoms with Crippen LogP contribution in [0.3, 0.4) is 0 Å². The molecule has 0 radical (unpaired) electrons. The zero-order valence-electron chi connectivity index (χ0n) is 6.36. The minimum atomic E-state index is 1.02. The Bertz CT molecular complexity index is 377. The Balaban J connectivity index is 2.91. The minimum Gasteiger partial charge on any atom is -0.203 e. The van der Waals surface area contributed by atoms with Gasteiger partial charge >= 0.3 is 5.65 Å². The van der Waals surface area contributed by atoms with Crippen LogP contribution in [0.5, 0.6) is 0 Å². The van der Waals surface area contributed by atoms with Crippen molar-refractivity contribution in [3.63, 3.8) is 0 Å². The summed E-state index contributed by atoms with van der Waals surface area (Å²) in [5.41, 5.74) is 2.23. The second-order valence-corrected chi connectivity index (χ2v) is 2.54. The predicted octanol–water partition coefficient (Wildman–Crippen LogP) is 1.13. The monoisotopic (exact) mass is 145 g/mol. The topological polar surface area (TPSA) is 17.0 Å². The zero-order valence-corrected chi connectivity index (χ0v) is 6.36. The normalized spacial score (nSPS) is 10.3.